The zero-order valence-electron chi connectivity index (χ0n) is 22.0. The van der Waals surface area contributed by atoms with E-state index in [0.29, 0.717) is 6.42 Å². The number of aryl methyl sites for hydroxylation is 1. The Kier molecular flexibility index (Phi) is 7.36. The Morgan fingerprint density at radius 2 is 1.76 bits per heavy atom. The van der Waals surface area contributed by atoms with Crippen molar-refractivity contribution in [1.82, 2.24) is 25.5 Å². The van der Waals surface area contributed by atoms with Gasteiger partial charge in [-0.05, 0) is 51.0 Å². The molecule has 2 aliphatic heterocycles. The summed E-state index contributed by atoms with van der Waals surface area (Å²) in [6.45, 7) is 3.52. The fourth-order valence-corrected chi connectivity index (χ4v) is 6.89. The molecule has 2 saturated heterocycles. The molecule has 1 aromatic heterocycles. The Morgan fingerprint density at radius 1 is 1.08 bits per heavy atom. The van der Waals surface area contributed by atoms with Crippen LogP contribution in [0.3, 0.4) is 0 Å². The predicted octanol–water partition coefficient (Wildman–Crippen LogP) is 3.31. The smallest absolute Gasteiger partial charge is 0.246 e. The summed E-state index contributed by atoms with van der Waals surface area (Å²) in [6, 6.07) is 8.08. The number of rotatable bonds is 7. The minimum Gasteiger partial charge on any atom is -0.352 e. The van der Waals surface area contributed by atoms with Crippen LogP contribution < -0.4 is 10.6 Å². The van der Waals surface area contributed by atoms with Gasteiger partial charge in [-0.1, -0.05) is 49.1 Å². The number of aromatic amines is 1. The maximum atomic E-state index is 13.9. The number of piperidine rings is 1. The number of benzene rings is 1. The zero-order valence-corrected chi connectivity index (χ0v) is 22.0. The van der Waals surface area contributed by atoms with Gasteiger partial charge >= 0.3 is 0 Å². The quantitative estimate of drug-likeness (QED) is 0.537. The van der Waals surface area contributed by atoms with Crippen LogP contribution in [0.2, 0.25) is 0 Å². The summed E-state index contributed by atoms with van der Waals surface area (Å²) in [5.74, 6) is -0.109. The Balaban J connectivity index is 1.28. The zero-order chi connectivity index (χ0) is 26.0. The number of carbonyl (C=O) groups is 3. The van der Waals surface area contributed by atoms with E-state index in [1.807, 2.05) is 4.90 Å². The normalized spacial score (nSPS) is 25.4. The number of hydrogen-bond donors (Lipinski definition) is 3. The molecule has 37 heavy (non-hydrogen) atoms. The van der Waals surface area contributed by atoms with Crippen LogP contribution in [-0.4, -0.2) is 56.8 Å². The molecule has 3 heterocycles. The number of amides is 3. The van der Waals surface area contributed by atoms with Crippen molar-refractivity contribution in [3.8, 4) is 0 Å². The average molecular weight is 506 g/mol. The Morgan fingerprint density at radius 3 is 2.35 bits per heavy atom. The van der Waals surface area contributed by atoms with E-state index in [1.54, 1.807) is 12.5 Å². The Bertz CT molecular complexity index is 1090. The number of hydrogen-bond acceptors (Lipinski definition) is 4. The molecule has 1 aliphatic carbocycles. The minimum atomic E-state index is -0.626. The summed E-state index contributed by atoms with van der Waals surface area (Å²) >= 11 is 0. The molecule has 3 amide bonds. The van der Waals surface area contributed by atoms with Crippen LogP contribution in [0.15, 0.2) is 36.8 Å². The lowest BCUT2D eigenvalue weighted by molar-refractivity contribution is -0.140. The summed E-state index contributed by atoms with van der Waals surface area (Å²) in [4.78, 5) is 48.5. The number of nitrogens with zero attached hydrogens (tertiary/aromatic N) is 2. The second-order valence-corrected chi connectivity index (χ2v) is 11.3. The van der Waals surface area contributed by atoms with Crippen LogP contribution in [0, 0.1) is 6.92 Å². The summed E-state index contributed by atoms with van der Waals surface area (Å²) in [5, 5.41) is 6.29. The van der Waals surface area contributed by atoms with Gasteiger partial charge in [0.1, 0.15) is 6.04 Å². The fraction of sp³-hybridized carbons (Fsp3) is 0.586. The molecular weight excluding hydrogens is 466 g/mol. The summed E-state index contributed by atoms with van der Waals surface area (Å²) in [5.41, 5.74) is 2.69. The molecule has 2 bridgehead atoms. The summed E-state index contributed by atoms with van der Waals surface area (Å²) in [7, 11) is 0. The number of aromatic nitrogens is 2. The standard InChI is InChI=1S/C29H39N5O3/c1-19-6-8-21(9-7-19)29(12-4-3-5-13-29)28(37)33-22-14-24-10-11-25(15-22)34(24)27(36)26(32-20(2)35)16-23-17-30-18-31-23/h6-9,17-18,22,24-26H,3-5,10-16H2,1-2H3,(H,30,31)(H,32,35)(H,33,37)/t24-,25-,26-/m1/s1. The van der Waals surface area contributed by atoms with Crippen molar-refractivity contribution in [2.45, 2.75) is 108 Å². The largest absolute Gasteiger partial charge is 0.352 e. The molecule has 3 atom stereocenters. The van der Waals surface area contributed by atoms with Gasteiger partial charge in [0.25, 0.3) is 0 Å². The van der Waals surface area contributed by atoms with Crippen molar-refractivity contribution < 1.29 is 14.4 Å². The predicted molar refractivity (Wildman–Crippen MR) is 141 cm³/mol. The van der Waals surface area contributed by atoms with Crippen LogP contribution in [-0.2, 0) is 26.2 Å². The first-order valence-corrected chi connectivity index (χ1v) is 13.8. The van der Waals surface area contributed by atoms with E-state index in [9.17, 15) is 14.4 Å². The molecule has 198 valence electrons. The fourth-order valence-electron chi connectivity index (χ4n) is 6.89. The third kappa shape index (κ3) is 5.29. The SMILES string of the molecule is CC(=O)N[C@H](Cc1cnc[nH]1)C(=O)N1[C@@H]2CC[C@@H]1CC(NC(=O)C1(c3ccc(C)cc3)CCCCC1)C2. The van der Waals surface area contributed by atoms with Crippen LogP contribution in [0.1, 0.15) is 81.5 Å². The lowest BCUT2D eigenvalue weighted by Gasteiger charge is -2.43. The van der Waals surface area contributed by atoms with Crippen molar-refractivity contribution in [1.29, 1.82) is 0 Å². The molecule has 5 rings (SSSR count). The van der Waals surface area contributed by atoms with Gasteiger partial charge in [0, 0.05) is 43.4 Å². The van der Waals surface area contributed by atoms with Gasteiger partial charge in [0.15, 0.2) is 0 Å². The number of H-pyrrole nitrogens is 1. The highest BCUT2D eigenvalue weighted by Crippen LogP contribution is 2.41. The van der Waals surface area contributed by atoms with E-state index in [2.05, 4.69) is 51.8 Å². The lowest BCUT2D eigenvalue weighted by atomic mass is 9.68. The molecule has 1 saturated carbocycles. The second kappa shape index (κ2) is 10.7. The van der Waals surface area contributed by atoms with Crippen molar-refractivity contribution in [2.75, 3.05) is 0 Å². The highest BCUT2D eigenvalue weighted by molar-refractivity contribution is 5.89. The second-order valence-electron chi connectivity index (χ2n) is 11.3. The molecule has 8 nitrogen and oxygen atoms in total. The van der Waals surface area contributed by atoms with E-state index in [0.717, 1.165) is 62.6 Å². The van der Waals surface area contributed by atoms with Gasteiger partial charge in [0.2, 0.25) is 17.7 Å². The maximum Gasteiger partial charge on any atom is 0.246 e. The van der Waals surface area contributed by atoms with Crippen molar-refractivity contribution >= 4 is 17.7 Å². The first-order valence-electron chi connectivity index (χ1n) is 13.8. The third-order valence-corrected chi connectivity index (χ3v) is 8.72. The highest BCUT2D eigenvalue weighted by Gasteiger charge is 2.47. The van der Waals surface area contributed by atoms with Crippen LogP contribution in [0.25, 0.3) is 0 Å². The molecule has 8 heteroatoms. The van der Waals surface area contributed by atoms with Crippen molar-refractivity contribution in [3.05, 3.63) is 53.6 Å². The summed E-state index contributed by atoms with van der Waals surface area (Å²) in [6.07, 6.45) is 12.1. The summed E-state index contributed by atoms with van der Waals surface area (Å²) < 4.78 is 0. The molecule has 0 spiro atoms. The number of imidazole rings is 1. The van der Waals surface area contributed by atoms with Gasteiger partial charge in [-0.3, -0.25) is 14.4 Å². The Labute approximate surface area is 219 Å². The van der Waals surface area contributed by atoms with E-state index < -0.39 is 11.5 Å². The van der Waals surface area contributed by atoms with Crippen LogP contribution in [0.4, 0.5) is 0 Å². The monoisotopic (exact) mass is 505 g/mol. The van der Waals surface area contributed by atoms with Gasteiger partial charge in [-0.2, -0.15) is 0 Å². The van der Waals surface area contributed by atoms with Crippen LogP contribution >= 0.6 is 0 Å². The van der Waals surface area contributed by atoms with E-state index >= 15 is 0 Å². The van der Waals surface area contributed by atoms with Crippen LogP contribution in [0.5, 0.6) is 0 Å². The molecule has 3 fully saturated rings. The van der Waals surface area contributed by atoms with Crippen molar-refractivity contribution in [2.24, 2.45) is 0 Å². The minimum absolute atomic E-state index is 0.0366. The van der Waals surface area contributed by atoms with E-state index in [1.165, 1.54) is 18.9 Å². The number of nitrogens with one attached hydrogen (secondary N) is 3. The molecular formula is C29H39N5O3. The van der Waals surface area contributed by atoms with E-state index in [-0.39, 0.29) is 35.8 Å². The first-order chi connectivity index (χ1) is 17.9. The molecule has 3 N–H and O–H groups in total. The number of fused-ring (bicyclic) bond motifs is 2. The van der Waals surface area contributed by atoms with Gasteiger partial charge in [-0.15, -0.1) is 0 Å². The molecule has 1 aromatic carbocycles. The highest BCUT2D eigenvalue weighted by atomic mass is 16.2. The topological polar surface area (TPSA) is 107 Å². The molecule has 3 aliphatic rings. The molecule has 0 radical (unpaired) electrons. The lowest BCUT2D eigenvalue weighted by Crippen LogP contribution is -2.59. The molecule has 2 aromatic rings. The van der Waals surface area contributed by atoms with Gasteiger partial charge in [-0.25, -0.2) is 4.98 Å². The maximum absolute atomic E-state index is 13.9. The van der Waals surface area contributed by atoms with Gasteiger partial charge in [0.05, 0.1) is 11.7 Å². The first kappa shape index (κ1) is 25.5. The van der Waals surface area contributed by atoms with Gasteiger partial charge < -0.3 is 20.5 Å². The van der Waals surface area contributed by atoms with Crippen molar-refractivity contribution in [3.63, 3.8) is 0 Å². The average Bonchev–Trinajstić information content (AvgIpc) is 3.49. The number of carbonyl (C=O) groups excluding carboxylic acids is 3. The third-order valence-electron chi connectivity index (χ3n) is 8.72. The Hall–Kier alpha value is -3.16. The molecule has 0 unspecified atom stereocenters. The van der Waals surface area contributed by atoms with E-state index in [4.69, 9.17) is 0 Å².